The number of nitrogens with one attached hydrogen (secondary N) is 1. The van der Waals surface area contributed by atoms with Gasteiger partial charge in [0.05, 0.1) is 24.3 Å². The van der Waals surface area contributed by atoms with E-state index in [1.165, 1.54) is 11.8 Å². The van der Waals surface area contributed by atoms with Crippen molar-refractivity contribution >= 4 is 62.1 Å². The molecule has 0 unspecified atom stereocenters. The Morgan fingerprint density at radius 3 is 2.75 bits per heavy atom. The van der Waals surface area contributed by atoms with Crippen molar-refractivity contribution in [2.45, 2.75) is 13.8 Å². The van der Waals surface area contributed by atoms with Gasteiger partial charge in [-0.2, -0.15) is 0 Å². The van der Waals surface area contributed by atoms with Crippen molar-refractivity contribution in [2.75, 3.05) is 13.7 Å². The Kier molecular flexibility index (Phi) is 6.69. The molecule has 1 amide bonds. The number of hydrogen-bond donors (Lipinski definition) is 1. The molecular formula is C20H18BrClN2O3S. The lowest BCUT2D eigenvalue weighted by molar-refractivity contribution is -0.115. The van der Waals surface area contributed by atoms with Gasteiger partial charge in [-0.1, -0.05) is 33.6 Å². The molecule has 3 rings (SSSR count). The molecule has 8 heteroatoms. The predicted octanol–water partition coefficient (Wildman–Crippen LogP) is 5.71. The van der Waals surface area contributed by atoms with E-state index in [4.69, 9.17) is 21.1 Å². The lowest BCUT2D eigenvalue weighted by Crippen LogP contribution is -2.19. The third-order valence-electron chi connectivity index (χ3n) is 3.91. The number of aryl methyl sites for hydroxylation is 1. The Balaban J connectivity index is 1.89. The summed E-state index contributed by atoms with van der Waals surface area (Å²) in [5, 5.41) is 3.92. The minimum atomic E-state index is -0.206. The molecule has 146 valence electrons. The van der Waals surface area contributed by atoms with Crippen molar-refractivity contribution in [3.05, 3.63) is 55.9 Å². The van der Waals surface area contributed by atoms with E-state index in [9.17, 15) is 4.79 Å². The Morgan fingerprint density at radius 2 is 2.07 bits per heavy atom. The predicted molar refractivity (Wildman–Crippen MR) is 119 cm³/mol. The third kappa shape index (κ3) is 4.71. The van der Waals surface area contributed by atoms with Gasteiger partial charge in [0.15, 0.2) is 16.7 Å². The first-order valence-corrected chi connectivity index (χ1v) is 10.5. The summed E-state index contributed by atoms with van der Waals surface area (Å²) < 4.78 is 11.7. The maximum atomic E-state index is 12.4. The number of carbonyl (C=O) groups excluding carboxylic acids is 1. The van der Waals surface area contributed by atoms with Crippen molar-refractivity contribution in [2.24, 2.45) is 4.99 Å². The smallest absolute Gasteiger partial charge is 0.264 e. The second kappa shape index (κ2) is 9.03. The largest absolute Gasteiger partial charge is 0.493 e. The number of halogens is 2. The van der Waals surface area contributed by atoms with Gasteiger partial charge in [0, 0.05) is 9.50 Å². The highest BCUT2D eigenvalue weighted by Crippen LogP contribution is 2.36. The zero-order chi connectivity index (χ0) is 20.3. The number of aliphatic imine (C=N–C) groups is 1. The Hall–Kier alpha value is -1.96. The number of methoxy groups -OCH3 is 1. The number of thioether (sulfide) groups is 1. The first-order chi connectivity index (χ1) is 13.4. The molecular weight excluding hydrogens is 464 g/mol. The fraction of sp³-hybridized carbons (Fsp3) is 0.200. The van der Waals surface area contributed by atoms with Crippen LogP contribution in [0.2, 0.25) is 5.02 Å². The van der Waals surface area contributed by atoms with E-state index in [0.717, 1.165) is 15.6 Å². The van der Waals surface area contributed by atoms with Crippen LogP contribution in [0.5, 0.6) is 11.5 Å². The lowest BCUT2D eigenvalue weighted by Gasteiger charge is -2.11. The topological polar surface area (TPSA) is 59.9 Å². The van der Waals surface area contributed by atoms with Crippen LogP contribution in [0, 0.1) is 6.92 Å². The van der Waals surface area contributed by atoms with Crippen LogP contribution in [0.25, 0.3) is 6.08 Å². The molecule has 1 heterocycles. The highest BCUT2D eigenvalue weighted by Gasteiger charge is 2.24. The van der Waals surface area contributed by atoms with Crippen LogP contribution in [-0.4, -0.2) is 24.8 Å². The summed E-state index contributed by atoms with van der Waals surface area (Å²) in [6, 6.07) is 9.17. The SMILES string of the molecule is CCOc1cc(C=C2SC(=Nc3ccc(C)c(Cl)c3)NC2=O)c(Br)cc1OC. The van der Waals surface area contributed by atoms with Gasteiger partial charge in [-0.3, -0.25) is 4.79 Å². The summed E-state index contributed by atoms with van der Waals surface area (Å²) in [6.07, 6.45) is 1.79. The number of carbonyl (C=O) groups is 1. The van der Waals surface area contributed by atoms with Crippen LogP contribution in [-0.2, 0) is 4.79 Å². The number of hydrogen-bond acceptors (Lipinski definition) is 5. The molecule has 1 N–H and O–H groups in total. The molecule has 0 aliphatic carbocycles. The molecule has 0 atom stereocenters. The molecule has 0 bridgehead atoms. The van der Waals surface area contributed by atoms with Crippen LogP contribution in [0.15, 0.2) is 44.7 Å². The first kappa shape index (κ1) is 20.8. The Labute approximate surface area is 181 Å². The second-order valence-electron chi connectivity index (χ2n) is 5.87. The van der Waals surface area contributed by atoms with Crippen molar-refractivity contribution in [3.8, 4) is 11.5 Å². The minimum absolute atomic E-state index is 0.206. The Bertz CT molecular complexity index is 992. The fourth-order valence-corrected chi connectivity index (χ4v) is 3.92. The van der Waals surface area contributed by atoms with E-state index in [0.29, 0.717) is 38.9 Å². The third-order valence-corrected chi connectivity index (χ3v) is 5.91. The molecule has 0 spiro atoms. The van der Waals surface area contributed by atoms with Gasteiger partial charge in [0.2, 0.25) is 0 Å². The molecule has 1 aliphatic heterocycles. The maximum absolute atomic E-state index is 12.4. The summed E-state index contributed by atoms with van der Waals surface area (Å²) >= 11 is 10.9. The van der Waals surface area contributed by atoms with Gasteiger partial charge >= 0.3 is 0 Å². The van der Waals surface area contributed by atoms with E-state index in [-0.39, 0.29) is 5.91 Å². The number of ether oxygens (including phenoxy) is 2. The monoisotopic (exact) mass is 480 g/mol. The zero-order valence-electron chi connectivity index (χ0n) is 15.5. The molecule has 5 nitrogen and oxygen atoms in total. The van der Waals surface area contributed by atoms with Crippen molar-refractivity contribution in [1.82, 2.24) is 5.32 Å². The van der Waals surface area contributed by atoms with Crippen LogP contribution in [0.1, 0.15) is 18.1 Å². The molecule has 0 saturated carbocycles. The summed E-state index contributed by atoms with van der Waals surface area (Å²) in [5.74, 6) is 1.03. The van der Waals surface area contributed by atoms with Gasteiger partial charge in [-0.15, -0.1) is 0 Å². The van der Waals surface area contributed by atoms with E-state index in [1.54, 1.807) is 19.3 Å². The van der Waals surface area contributed by atoms with Gasteiger partial charge in [-0.05, 0) is 67.1 Å². The number of nitrogens with zero attached hydrogens (tertiary/aromatic N) is 1. The average Bonchev–Trinajstić information content (AvgIpc) is 3.00. The normalized spacial score (nSPS) is 16.5. The van der Waals surface area contributed by atoms with Gasteiger partial charge in [-0.25, -0.2) is 4.99 Å². The Morgan fingerprint density at radius 1 is 1.29 bits per heavy atom. The molecule has 0 aromatic heterocycles. The molecule has 1 fully saturated rings. The number of amidine groups is 1. The summed E-state index contributed by atoms with van der Waals surface area (Å²) in [7, 11) is 1.59. The van der Waals surface area contributed by atoms with Crippen LogP contribution in [0.3, 0.4) is 0 Å². The maximum Gasteiger partial charge on any atom is 0.264 e. The highest BCUT2D eigenvalue weighted by atomic mass is 79.9. The average molecular weight is 482 g/mol. The standard InChI is InChI=1S/C20H18BrClN2O3S/c1-4-27-17-7-12(14(21)10-16(17)26-3)8-18-19(25)24-20(28-18)23-13-6-5-11(2)15(22)9-13/h5-10H,4H2,1-3H3,(H,23,24,25). The van der Waals surface area contributed by atoms with Crippen LogP contribution < -0.4 is 14.8 Å². The van der Waals surface area contributed by atoms with Crippen molar-refractivity contribution < 1.29 is 14.3 Å². The highest BCUT2D eigenvalue weighted by molar-refractivity contribution is 9.10. The van der Waals surface area contributed by atoms with Crippen LogP contribution in [0.4, 0.5) is 5.69 Å². The summed E-state index contributed by atoms with van der Waals surface area (Å²) in [4.78, 5) is 17.4. The number of amides is 1. The van der Waals surface area contributed by atoms with E-state index in [1.807, 2.05) is 38.1 Å². The first-order valence-electron chi connectivity index (χ1n) is 8.47. The summed E-state index contributed by atoms with van der Waals surface area (Å²) in [5.41, 5.74) is 2.47. The van der Waals surface area contributed by atoms with Gasteiger partial charge in [0.25, 0.3) is 5.91 Å². The molecule has 28 heavy (non-hydrogen) atoms. The number of rotatable bonds is 5. The molecule has 1 aliphatic rings. The van der Waals surface area contributed by atoms with Gasteiger partial charge in [0.1, 0.15) is 0 Å². The van der Waals surface area contributed by atoms with Crippen molar-refractivity contribution in [3.63, 3.8) is 0 Å². The number of benzene rings is 2. The van der Waals surface area contributed by atoms with Gasteiger partial charge < -0.3 is 14.8 Å². The van der Waals surface area contributed by atoms with E-state index in [2.05, 4.69) is 26.2 Å². The lowest BCUT2D eigenvalue weighted by atomic mass is 10.2. The quantitative estimate of drug-likeness (QED) is 0.556. The van der Waals surface area contributed by atoms with Crippen LogP contribution >= 0.6 is 39.3 Å². The summed E-state index contributed by atoms with van der Waals surface area (Å²) in [6.45, 7) is 4.34. The molecule has 0 radical (unpaired) electrons. The van der Waals surface area contributed by atoms with E-state index < -0.39 is 0 Å². The second-order valence-corrected chi connectivity index (χ2v) is 8.16. The molecule has 1 saturated heterocycles. The molecule has 2 aromatic rings. The van der Waals surface area contributed by atoms with E-state index >= 15 is 0 Å². The fourth-order valence-electron chi connectivity index (χ4n) is 2.48. The van der Waals surface area contributed by atoms with Crippen molar-refractivity contribution in [1.29, 1.82) is 0 Å². The zero-order valence-corrected chi connectivity index (χ0v) is 18.7. The minimum Gasteiger partial charge on any atom is -0.493 e. The molecule has 2 aromatic carbocycles.